The molecular formula is C10H19NO. The van der Waals surface area contributed by atoms with Crippen LogP contribution in [0.3, 0.4) is 0 Å². The second-order valence-corrected chi connectivity index (χ2v) is 3.63. The van der Waals surface area contributed by atoms with Crippen LogP contribution < -0.4 is 0 Å². The van der Waals surface area contributed by atoms with E-state index in [9.17, 15) is 0 Å². The van der Waals surface area contributed by atoms with Crippen LogP contribution in [0.2, 0.25) is 0 Å². The quantitative estimate of drug-likeness (QED) is 0.590. The fourth-order valence-corrected chi connectivity index (χ4v) is 1.81. The summed E-state index contributed by atoms with van der Waals surface area (Å²) in [4.78, 5) is 2.44. The van der Waals surface area contributed by atoms with E-state index in [1.54, 1.807) is 7.11 Å². The molecule has 70 valence electrons. The van der Waals surface area contributed by atoms with Crippen LogP contribution in [0.1, 0.15) is 6.92 Å². The van der Waals surface area contributed by atoms with Gasteiger partial charge in [-0.3, -0.25) is 0 Å². The predicted octanol–water partition coefficient (Wildman–Crippen LogP) is 1.39. The van der Waals surface area contributed by atoms with Gasteiger partial charge in [0.25, 0.3) is 0 Å². The van der Waals surface area contributed by atoms with Gasteiger partial charge in [-0.2, -0.15) is 0 Å². The maximum atomic E-state index is 5.04. The van der Waals surface area contributed by atoms with E-state index < -0.39 is 0 Å². The van der Waals surface area contributed by atoms with Crippen LogP contribution in [0.5, 0.6) is 0 Å². The normalized spacial score (nSPS) is 30.8. The minimum Gasteiger partial charge on any atom is -0.383 e. The number of hydrogen-bond acceptors (Lipinski definition) is 2. The lowest BCUT2D eigenvalue weighted by Gasteiger charge is -2.13. The highest BCUT2D eigenvalue weighted by Crippen LogP contribution is 2.22. The van der Waals surface area contributed by atoms with Crippen LogP contribution in [0.4, 0.5) is 0 Å². The van der Waals surface area contributed by atoms with Gasteiger partial charge in [-0.05, 0) is 11.8 Å². The van der Waals surface area contributed by atoms with Crippen LogP contribution in [0, 0.1) is 11.8 Å². The fourth-order valence-electron chi connectivity index (χ4n) is 1.81. The summed E-state index contributed by atoms with van der Waals surface area (Å²) in [7, 11) is 1.75. The van der Waals surface area contributed by atoms with Crippen molar-refractivity contribution in [2.45, 2.75) is 6.92 Å². The molecule has 0 aromatic carbocycles. The van der Waals surface area contributed by atoms with E-state index in [2.05, 4.69) is 24.5 Å². The summed E-state index contributed by atoms with van der Waals surface area (Å²) in [5, 5.41) is 0. The highest BCUT2D eigenvalue weighted by Gasteiger charge is 2.26. The van der Waals surface area contributed by atoms with Crippen molar-refractivity contribution in [1.29, 1.82) is 0 Å². The molecule has 1 heterocycles. The molecule has 0 bridgehead atoms. The summed E-state index contributed by atoms with van der Waals surface area (Å²) in [5.74, 6) is 1.45. The maximum Gasteiger partial charge on any atom is 0.0589 e. The number of ether oxygens (including phenoxy) is 1. The van der Waals surface area contributed by atoms with Crippen LogP contribution in [-0.2, 0) is 4.74 Å². The van der Waals surface area contributed by atoms with Gasteiger partial charge in [-0.1, -0.05) is 13.0 Å². The smallest absolute Gasteiger partial charge is 0.0589 e. The highest BCUT2D eigenvalue weighted by molar-refractivity contribution is 4.91. The van der Waals surface area contributed by atoms with E-state index >= 15 is 0 Å². The van der Waals surface area contributed by atoms with Gasteiger partial charge in [-0.15, -0.1) is 6.58 Å². The van der Waals surface area contributed by atoms with Crippen molar-refractivity contribution in [3.8, 4) is 0 Å². The molecule has 1 fully saturated rings. The van der Waals surface area contributed by atoms with Crippen molar-refractivity contribution >= 4 is 0 Å². The molecule has 0 aliphatic carbocycles. The Morgan fingerprint density at radius 2 is 2.33 bits per heavy atom. The summed E-state index contributed by atoms with van der Waals surface area (Å²) in [6.07, 6.45) is 2.08. The zero-order valence-corrected chi connectivity index (χ0v) is 8.12. The first kappa shape index (κ1) is 9.75. The lowest BCUT2D eigenvalue weighted by Crippen LogP contribution is -2.24. The molecule has 0 spiro atoms. The molecule has 0 radical (unpaired) electrons. The maximum absolute atomic E-state index is 5.04. The lowest BCUT2D eigenvalue weighted by molar-refractivity contribution is 0.158. The second kappa shape index (κ2) is 4.63. The Morgan fingerprint density at radius 1 is 1.58 bits per heavy atom. The van der Waals surface area contributed by atoms with Crippen LogP contribution >= 0.6 is 0 Å². The van der Waals surface area contributed by atoms with Gasteiger partial charge in [0, 0.05) is 26.7 Å². The zero-order valence-electron chi connectivity index (χ0n) is 8.12. The van der Waals surface area contributed by atoms with Crippen molar-refractivity contribution in [2.75, 3.05) is 33.4 Å². The minimum atomic E-state index is 0.682. The average Bonchev–Trinajstić information content (AvgIpc) is 2.43. The van der Waals surface area contributed by atoms with E-state index in [1.165, 1.54) is 6.54 Å². The lowest BCUT2D eigenvalue weighted by atomic mass is 9.99. The van der Waals surface area contributed by atoms with Crippen molar-refractivity contribution in [2.24, 2.45) is 11.8 Å². The predicted molar refractivity (Wildman–Crippen MR) is 51.2 cm³/mol. The number of methoxy groups -OCH3 is 1. The molecule has 1 aliphatic rings. The van der Waals surface area contributed by atoms with E-state index in [1.807, 2.05) is 0 Å². The largest absolute Gasteiger partial charge is 0.383 e. The summed E-state index contributed by atoms with van der Waals surface area (Å²) >= 11 is 0. The van der Waals surface area contributed by atoms with E-state index in [-0.39, 0.29) is 0 Å². The third kappa shape index (κ3) is 2.32. The Labute approximate surface area is 75.2 Å². The Kier molecular flexibility index (Phi) is 3.76. The topological polar surface area (TPSA) is 12.5 Å². The van der Waals surface area contributed by atoms with Gasteiger partial charge in [0.2, 0.25) is 0 Å². The van der Waals surface area contributed by atoms with Gasteiger partial charge in [-0.25, -0.2) is 0 Å². The first-order valence-electron chi connectivity index (χ1n) is 4.61. The molecule has 0 saturated carbocycles. The zero-order chi connectivity index (χ0) is 8.97. The molecule has 1 rings (SSSR count). The Bertz CT molecular complexity index is 147. The SMILES string of the molecule is C=C[C@@H]1CN(CCOC)C[C@H]1C. The number of rotatable bonds is 4. The van der Waals surface area contributed by atoms with Crippen LogP contribution in [-0.4, -0.2) is 38.3 Å². The second-order valence-electron chi connectivity index (χ2n) is 3.63. The molecule has 2 heteroatoms. The Hall–Kier alpha value is -0.340. The molecule has 0 aromatic heterocycles. The molecule has 1 saturated heterocycles. The van der Waals surface area contributed by atoms with E-state index in [4.69, 9.17) is 4.74 Å². The Balaban J connectivity index is 2.27. The summed E-state index contributed by atoms with van der Waals surface area (Å²) in [5.41, 5.74) is 0. The third-order valence-electron chi connectivity index (χ3n) is 2.66. The van der Waals surface area contributed by atoms with Gasteiger partial charge in [0.1, 0.15) is 0 Å². The van der Waals surface area contributed by atoms with E-state index in [0.29, 0.717) is 5.92 Å². The molecule has 0 N–H and O–H groups in total. The summed E-state index contributed by atoms with van der Waals surface area (Å²) < 4.78 is 5.04. The first-order valence-corrected chi connectivity index (χ1v) is 4.61. The minimum absolute atomic E-state index is 0.682. The molecular weight excluding hydrogens is 150 g/mol. The highest BCUT2D eigenvalue weighted by atomic mass is 16.5. The Morgan fingerprint density at radius 3 is 2.83 bits per heavy atom. The third-order valence-corrected chi connectivity index (χ3v) is 2.66. The van der Waals surface area contributed by atoms with E-state index in [0.717, 1.165) is 25.6 Å². The van der Waals surface area contributed by atoms with Crippen LogP contribution in [0.25, 0.3) is 0 Å². The molecule has 2 atom stereocenters. The van der Waals surface area contributed by atoms with Gasteiger partial charge in [0.05, 0.1) is 6.61 Å². The number of nitrogens with zero attached hydrogens (tertiary/aromatic N) is 1. The van der Waals surface area contributed by atoms with Crippen molar-refractivity contribution in [1.82, 2.24) is 4.90 Å². The van der Waals surface area contributed by atoms with Crippen molar-refractivity contribution < 1.29 is 4.74 Å². The summed E-state index contributed by atoms with van der Waals surface area (Å²) in [6, 6.07) is 0. The molecule has 1 aliphatic heterocycles. The monoisotopic (exact) mass is 169 g/mol. The van der Waals surface area contributed by atoms with Gasteiger partial charge < -0.3 is 9.64 Å². The molecule has 2 nitrogen and oxygen atoms in total. The molecule has 0 unspecified atom stereocenters. The van der Waals surface area contributed by atoms with Crippen molar-refractivity contribution in [3.63, 3.8) is 0 Å². The first-order chi connectivity index (χ1) is 5.77. The molecule has 0 aromatic rings. The fraction of sp³-hybridized carbons (Fsp3) is 0.800. The van der Waals surface area contributed by atoms with Gasteiger partial charge in [0.15, 0.2) is 0 Å². The molecule has 0 amide bonds. The average molecular weight is 169 g/mol. The van der Waals surface area contributed by atoms with Crippen LogP contribution in [0.15, 0.2) is 12.7 Å². The number of hydrogen-bond donors (Lipinski definition) is 0. The molecule has 12 heavy (non-hydrogen) atoms. The summed E-state index contributed by atoms with van der Waals surface area (Å²) in [6.45, 7) is 10.4. The standard InChI is InChI=1S/C10H19NO/c1-4-10-8-11(5-6-12-3)7-9(10)2/h4,9-10H,1,5-8H2,2-3H3/t9-,10-/m1/s1. The number of likely N-dealkylation sites (tertiary alicyclic amines) is 1. The van der Waals surface area contributed by atoms with Crippen molar-refractivity contribution in [3.05, 3.63) is 12.7 Å². The van der Waals surface area contributed by atoms with Gasteiger partial charge >= 0.3 is 0 Å².